The van der Waals surface area contributed by atoms with Gasteiger partial charge in [-0.1, -0.05) is 24.4 Å². The van der Waals surface area contributed by atoms with E-state index in [9.17, 15) is 22.8 Å². The number of carbonyl (C=O) groups is 2. The molecule has 0 spiro atoms. The number of carbonyl (C=O) groups excluding carboxylic acids is 2. The molecule has 3 N–H and O–H groups in total. The Morgan fingerprint density at radius 2 is 1.92 bits per heavy atom. The van der Waals surface area contributed by atoms with Gasteiger partial charge in [0.25, 0.3) is 0 Å². The maximum Gasteiger partial charge on any atom is 0.417 e. The van der Waals surface area contributed by atoms with Crippen LogP contribution in [-0.2, 0) is 15.8 Å². The number of hydrogen-bond acceptors (Lipinski definition) is 3. The van der Waals surface area contributed by atoms with E-state index in [1.54, 1.807) is 0 Å². The lowest BCUT2D eigenvalue weighted by Gasteiger charge is -2.40. The van der Waals surface area contributed by atoms with E-state index in [4.69, 9.17) is 11.6 Å². The first-order valence-electron chi connectivity index (χ1n) is 8.47. The van der Waals surface area contributed by atoms with Crippen molar-refractivity contribution >= 4 is 29.1 Å². The minimum Gasteiger partial charge on any atom is -0.350 e. The van der Waals surface area contributed by atoms with Gasteiger partial charge in [0, 0.05) is 17.8 Å². The highest BCUT2D eigenvalue weighted by Crippen LogP contribution is 2.36. The van der Waals surface area contributed by atoms with Gasteiger partial charge in [0.1, 0.15) is 0 Å². The first-order chi connectivity index (χ1) is 12.2. The molecule has 1 aromatic rings. The van der Waals surface area contributed by atoms with Crippen LogP contribution in [0.1, 0.15) is 37.7 Å². The summed E-state index contributed by atoms with van der Waals surface area (Å²) >= 11 is 5.56. The third-order valence-electron chi connectivity index (χ3n) is 4.77. The van der Waals surface area contributed by atoms with Gasteiger partial charge in [-0.25, -0.2) is 0 Å². The summed E-state index contributed by atoms with van der Waals surface area (Å²) in [4.78, 5) is 24.3. The topological polar surface area (TPSA) is 70.2 Å². The van der Waals surface area contributed by atoms with E-state index in [2.05, 4.69) is 16.0 Å². The molecule has 2 fully saturated rings. The predicted molar refractivity (Wildman–Crippen MR) is 90.8 cm³/mol. The molecule has 0 aromatic heterocycles. The van der Waals surface area contributed by atoms with Crippen molar-refractivity contribution in [3.63, 3.8) is 0 Å². The van der Waals surface area contributed by atoms with Crippen molar-refractivity contribution in [2.75, 3.05) is 5.32 Å². The summed E-state index contributed by atoms with van der Waals surface area (Å²) in [6.07, 6.45) is -0.805. The first-order valence-corrected chi connectivity index (χ1v) is 8.85. The lowest BCUT2D eigenvalue weighted by molar-refractivity contribution is -0.137. The summed E-state index contributed by atoms with van der Waals surface area (Å²) in [5.74, 6) is -0.794. The van der Waals surface area contributed by atoms with Gasteiger partial charge in [-0.3, -0.25) is 9.59 Å². The molecule has 1 aliphatic heterocycles. The molecule has 1 saturated carbocycles. The molecule has 1 saturated heterocycles. The Labute approximate surface area is 153 Å². The summed E-state index contributed by atoms with van der Waals surface area (Å²) < 4.78 is 38.7. The molecular weight excluding hydrogens is 371 g/mol. The fourth-order valence-corrected chi connectivity index (χ4v) is 3.71. The number of anilines is 1. The fourth-order valence-electron chi connectivity index (χ4n) is 3.49. The second-order valence-electron chi connectivity index (χ2n) is 6.67. The normalized spacial score (nSPS) is 26.0. The van der Waals surface area contributed by atoms with Crippen molar-refractivity contribution in [1.29, 1.82) is 0 Å². The average Bonchev–Trinajstić information content (AvgIpc) is 2.56. The molecule has 2 aliphatic rings. The third-order valence-corrected chi connectivity index (χ3v) is 5.10. The van der Waals surface area contributed by atoms with Crippen molar-refractivity contribution in [2.45, 2.75) is 56.4 Å². The quantitative estimate of drug-likeness (QED) is 0.744. The Morgan fingerprint density at radius 1 is 1.23 bits per heavy atom. The zero-order valence-corrected chi connectivity index (χ0v) is 14.6. The summed E-state index contributed by atoms with van der Waals surface area (Å²) in [5.41, 5.74) is -1.03. The summed E-state index contributed by atoms with van der Waals surface area (Å²) in [6.45, 7) is 0. The molecule has 142 valence electrons. The highest BCUT2D eigenvalue weighted by Gasteiger charge is 2.37. The number of benzene rings is 1. The molecule has 3 rings (SSSR count). The summed E-state index contributed by atoms with van der Waals surface area (Å²) in [6, 6.07) is 2.68. The van der Waals surface area contributed by atoms with E-state index < -0.39 is 28.7 Å². The number of amides is 2. The largest absolute Gasteiger partial charge is 0.417 e. The zero-order chi connectivity index (χ0) is 18.9. The summed E-state index contributed by atoms with van der Waals surface area (Å²) in [5, 5.41) is 8.09. The first kappa shape index (κ1) is 19.0. The van der Waals surface area contributed by atoms with Crippen LogP contribution < -0.4 is 16.0 Å². The highest BCUT2D eigenvalue weighted by molar-refractivity contribution is 6.31. The van der Waals surface area contributed by atoms with E-state index >= 15 is 0 Å². The van der Waals surface area contributed by atoms with E-state index in [1.165, 1.54) is 6.07 Å². The lowest BCUT2D eigenvalue weighted by Crippen LogP contribution is -2.65. The SMILES string of the molecule is O=C(C[C@@H]1N[C@H]2CCCC[C@@H]2NC1=O)Nc1ccc(Cl)c(C(F)(F)F)c1. The molecule has 0 unspecified atom stereocenters. The molecule has 3 atom stereocenters. The van der Waals surface area contributed by atoms with Crippen LogP contribution in [0.2, 0.25) is 5.02 Å². The monoisotopic (exact) mass is 389 g/mol. The van der Waals surface area contributed by atoms with Crippen molar-refractivity contribution < 1.29 is 22.8 Å². The van der Waals surface area contributed by atoms with Gasteiger partial charge in [0.05, 0.1) is 23.0 Å². The molecule has 1 aromatic carbocycles. The number of alkyl halides is 3. The maximum atomic E-state index is 12.9. The Kier molecular flexibility index (Phi) is 5.43. The van der Waals surface area contributed by atoms with E-state index in [-0.39, 0.29) is 30.1 Å². The molecule has 1 aliphatic carbocycles. The van der Waals surface area contributed by atoms with Gasteiger partial charge in [0.15, 0.2) is 0 Å². The lowest BCUT2D eigenvalue weighted by atomic mass is 9.87. The van der Waals surface area contributed by atoms with Crippen LogP contribution in [0.3, 0.4) is 0 Å². The molecular formula is C17H19ClF3N3O2. The maximum absolute atomic E-state index is 12.9. The van der Waals surface area contributed by atoms with Gasteiger partial charge in [0.2, 0.25) is 11.8 Å². The second kappa shape index (κ2) is 7.44. The van der Waals surface area contributed by atoms with Crippen LogP contribution in [-0.4, -0.2) is 29.9 Å². The standard InChI is InChI=1S/C17H19ClF3N3O2/c18-11-6-5-9(7-10(11)17(19,20)21)22-15(25)8-14-16(26)24-13-4-2-1-3-12(13)23-14/h5-7,12-14,23H,1-4,8H2,(H,22,25)(H,24,26)/t12-,13-,14-/m0/s1. The van der Waals surface area contributed by atoms with Gasteiger partial charge >= 0.3 is 6.18 Å². The van der Waals surface area contributed by atoms with Gasteiger partial charge < -0.3 is 16.0 Å². The number of fused-ring (bicyclic) bond motifs is 1. The molecule has 2 amide bonds. The Balaban J connectivity index is 1.63. The van der Waals surface area contributed by atoms with Crippen LogP contribution in [0.15, 0.2) is 18.2 Å². The van der Waals surface area contributed by atoms with E-state index in [0.29, 0.717) is 0 Å². The predicted octanol–water partition coefficient (Wildman–Crippen LogP) is 3.09. The molecule has 0 radical (unpaired) electrons. The smallest absolute Gasteiger partial charge is 0.350 e. The van der Waals surface area contributed by atoms with Crippen molar-refractivity contribution in [3.8, 4) is 0 Å². The summed E-state index contributed by atoms with van der Waals surface area (Å²) in [7, 11) is 0. The van der Waals surface area contributed by atoms with E-state index in [0.717, 1.165) is 37.8 Å². The fraction of sp³-hybridized carbons (Fsp3) is 0.529. The number of rotatable bonds is 3. The van der Waals surface area contributed by atoms with Crippen molar-refractivity contribution in [1.82, 2.24) is 10.6 Å². The molecule has 0 bridgehead atoms. The molecule has 1 heterocycles. The minimum absolute atomic E-state index is 0.0153. The number of hydrogen-bond donors (Lipinski definition) is 3. The van der Waals surface area contributed by atoms with Crippen LogP contribution in [0.25, 0.3) is 0 Å². The molecule has 5 nitrogen and oxygen atoms in total. The number of piperazine rings is 1. The Morgan fingerprint density at radius 3 is 2.62 bits per heavy atom. The Bertz CT molecular complexity index is 711. The van der Waals surface area contributed by atoms with Gasteiger partial charge in [-0.2, -0.15) is 13.2 Å². The number of nitrogens with one attached hydrogen (secondary N) is 3. The Hall–Kier alpha value is -1.80. The highest BCUT2D eigenvalue weighted by atomic mass is 35.5. The zero-order valence-electron chi connectivity index (χ0n) is 13.8. The third kappa shape index (κ3) is 4.29. The minimum atomic E-state index is -4.61. The average molecular weight is 390 g/mol. The van der Waals surface area contributed by atoms with Crippen molar-refractivity contribution in [2.24, 2.45) is 0 Å². The molecule has 26 heavy (non-hydrogen) atoms. The van der Waals surface area contributed by atoms with Crippen LogP contribution >= 0.6 is 11.6 Å². The second-order valence-corrected chi connectivity index (χ2v) is 7.08. The molecule has 9 heteroatoms. The number of halogens is 4. The van der Waals surface area contributed by atoms with Crippen LogP contribution in [0.5, 0.6) is 0 Å². The van der Waals surface area contributed by atoms with Crippen molar-refractivity contribution in [3.05, 3.63) is 28.8 Å². The van der Waals surface area contributed by atoms with Gasteiger partial charge in [-0.15, -0.1) is 0 Å². The van der Waals surface area contributed by atoms with Gasteiger partial charge in [-0.05, 0) is 31.0 Å². The van der Waals surface area contributed by atoms with Crippen LogP contribution in [0.4, 0.5) is 18.9 Å². The van der Waals surface area contributed by atoms with E-state index in [1.807, 2.05) is 0 Å². The van der Waals surface area contributed by atoms with Crippen LogP contribution in [0, 0.1) is 0 Å².